The molecule has 0 atom stereocenters. The van der Waals surface area contributed by atoms with E-state index in [2.05, 4.69) is 130 Å². The van der Waals surface area contributed by atoms with E-state index in [1.54, 1.807) is 0 Å². The highest BCUT2D eigenvalue weighted by Gasteiger charge is 2.25. The van der Waals surface area contributed by atoms with Gasteiger partial charge in [0.2, 0.25) is 0 Å². The fraction of sp³-hybridized carbons (Fsp3) is 0. The smallest absolute Gasteiger partial charge is 0.165 e. The van der Waals surface area contributed by atoms with E-state index in [1.807, 2.05) is 36.4 Å². The van der Waals surface area contributed by atoms with Crippen molar-refractivity contribution in [2.24, 2.45) is 0 Å². The predicted molar refractivity (Wildman–Crippen MR) is 201 cm³/mol. The zero-order chi connectivity index (χ0) is 32.1. The van der Waals surface area contributed by atoms with E-state index in [4.69, 9.17) is 14.4 Å². The second-order valence-electron chi connectivity index (χ2n) is 12.6. The molecule has 4 heterocycles. The van der Waals surface area contributed by atoms with Gasteiger partial charge in [-0.1, -0.05) is 109 Å². The minimum Gasteiger partial charge on any atom is -0.455 e. The molecule has 5 heteroatoms. The molecule has 0 aliphatic rings. The molecule has 0 spiro atoms. The number of hydrogen-bond acceptors (Lipinski definition) is 3. The molecule has 0 fully saturated rings. The summed E-state index contributed by atoms with van der Waals surface area (Å²) in [6, 6.07) is 55.2. The molecule has 0 bridgehead atoms. The van der Waals surface area contributed by atoms with Crippen LogP contribution in [0.15, 0.2) is 162 Å². The lowest BCUT2D eigenvalue weighted by molar-refractivity contribution is 0.669. The molecule has 0 aliphatic carbocycles. The van der Waals surface area contributed by atoms with Crippen LogP contribution in [0, 0.1) is 0 Å². The van der Waals surface area contributed by atoms with Crippen LogP contribution in [0.4, 0.5) is 0 Å². The molecule has 0 saturated carbocycles. The number of nitrogens with zero attached hydrogens (tertiary/aromatic N) is 4. The topological polar surface area (TPSA) is 48.8 Å². The Morgan fingerprint density at radius 1 is 0.408 bits per heavy atom. The average Bonchev–Trinajstić information content (AvgIpc) is 3.82. The van der Waals surface area contributed by atoms with E-state index in [0.717, 1.165) is 88.6 Å². The van der Waals surface area contributed by atoms with E-state index in [9.17, 15) is 0 Å². The zero-order valence-electron chi connectivity index (χ0n) is 26.2. The van der Waals surface area contributed by atoms with Crippen molar-refractivity contribution >= 4 is 76.6 Å². The first-order valence-electron chi connectivity index (χ1n) is 16.5. The Kier molecular flexibility index (Phi) is 5.32. The summed E-state index contributed by atoms with van der Waals surface area (Å²) in [7, 11) is 0. The maximum absolute atomic E-state index is 6.60. The minimum absolute atomic E-state index is 0.759. The Morgan fingerprint density at radius 3 is 1.73 bits per heavy atom. The maximum Gasteiger partial charge on any atom is 0.165 e. The summed E-state index contributed by atoms with van der Waals surface area (Å²) < 4.78 is 11.3. The van der Waals surface area contributed by atoms with E-state index >= 15 is 0 Å². The van der Waals surface area contributed by atoms with Crippen LogP contribution in [0.3, 0.4) is 0 Å². The summed E-state index contributed by atoms with van der Waals surface area (Å²) in [6.07, 6.45) is 0. The number of rotatable bonds is 3. The number of fused-ring (bicyclic) bond motifs is 11. The van der Waals surface area contributed by atoms with Gasteiger partial charge in [0, 0.05) is 43.6 Å². The van der Waals surface area contributed by atoms with Gasteiger partial charge in [0.1, 0.15) is 16.9 Å². The first kappa shape index (κ1) is 26.4. The van der Waals surface area contributed by atoms with E-state index in [-0.39, 0.29) is 0 Å². The Labute approximate surface area is 279 Å². The van der Waals surface area contributed by atoms with Gasteiger partial charge in [0.15, 0.2) is 5.82 Å². The lowest BCUT2D eigenvalue weighted by atomic mass is 10.1. The Balaban J connectivity index is 1.37. The van der Waals surface area contributed by atoms with E-state index in [1.165, 1.54) is 10.8 Å². The molecule has 0 radical (unpaired) electrons. The molecular weight excluding hydrogens is 601 g/mol. The van der Waals surface area contributed by atoms with Crippen molar-refractivity contribution in [3.05, 3.63) is 158 Å². The largest absolute Gasteiger partial charge is 0.455 e. The van der Waals surface area contributed by atoms with Crippen molar-refractivity contribution in [2.75, 3.05) is 0 Å². The van der Waals surface area contributed by atoms with Crippen molar-refractivity contribution in [3.8, 4) is 22.8 Å². The molecule has 49 heavy (non-hydrogen) atoms. The van der Waals surface area contributed by atoms with Gasteiger partial charge in [-0.2, -0.15) is 0 Å². The lowest BCUT2D eigenvalue weighted by Gasteiger charge is -2.15. The van der Waals surface area contributed by atoms with Crippen LogP contribution in [0.2, 0.25) is 0 Å². The molecule has 4 aromatic heterocycles. The van der Waals surface area contributed by atoms with Gasteiger partial charge in [-0.3, -0.25) is 4.57 Å². The predicted octanol–water partition coefficient (Wildman–Crippen LogP) is 11.4. The quantitative estimate of drug-likeness (QED) is 0.196. The standard InChI is InChI=1S/C44H26N4O/c1-2-13-27(14-3-1)47-37-22-9-4-15-28(37)31-25-26-32-29-16-5-10-23-38(29)48(42(32)41(31)47)44-40(45-35-20-7-8-21-36(35)46-44)34-19-12-18-33-30-17-6-11-24-39(30)49-43(33)34/h1-26H. The normalized spacial score (nSPS) is 12.1. The van der Waals surface area contributed by atoms with Crippen LogP contribution in [0.5, 0.6) is 0 Å². The van der Waals surface area contributed by atoms with Crippen molar-refractivity contribution in [3.63, 3.8) is 0 Å². The van der Waals surface area contributed by atoms with Gasteiger partial charge < -0.3 is 8.98 Å². The summed E-state index contributed by atoms with van der Waals surface area (Å²) in [4.78, 5) is 10.9. The minimum atomic E-state index is 0.759. The average molecular weight is 627 g/mol. The fourth-order valence-corrected chi connectivity index (χ4v) is 7.83. The number of benzene rings is 7. The summed E-state index contributed by atoms with van der Waals surface area (Å²) in [5.74, 6) is 0.759. The molecule has 0 saturated heterocycles. The maximum atomic E-state index is 6.60. The Morgan fingerprint density at radius 2 is 0.980 bits per heavy atom. The summed E-state index contributed by atoms with van der Waals surface area (Å²) in [5.41, 5.74) is 10.5. The van der Waals surface area contributed by atoms with E-state index < -0.39 is 0 Å². The highest BCUT2D eigenvalue weighted by molar-refractivity contribution is 6.24. The molecule has 0 amide bonds. The molecule has 7 aromatic carbocycles. The molecule has 0 N–H and O–H groups in total. The first-order valence-corrected chi connectivity index (χ1v) is 16.5. The molecule has 228 valence electrons. The number of para-hydroxylation sites is 7. The van der Waals surface area contributed by atoms with Crippen molar-refractivity contribution in [2.45, 2.75) is 0 Å². The van der Waals surface area contributed by atoms with Crippen molar-refractivity contribution in [1.29, 1.82) is 0 Å². The van der Waals surface area contributed by atoms with Gasteiger partial charge in [-0.05, 0) is 48.5 Å². The van der Waals surface area contributed by atoms with Gasteiger partial charge in [0.05, 0.1) is 33.1 Å². The van der Waals surface area contributed by atoms with Crippen molar-refractivity contribution < 1.29 is 4.42 Å². The SMILES string of the molecule is c1ccc(-n2c3ccccc3c3ccc4c5ccccc5n(-c5nc6ccccc6nc5-c5cccc6c5oc5ccccc56)c4c32)cc1. The van der Waals surface area contributed by atoms with Gasteiger partial charge >= 0.3 is 0 Å². The van der Waals surface area contributed by atoms with Crippen LogP contribution in [0.25, 0.3) is 99.3 Å². The third-order valence-electron chi connectivity index (χ3n) is 9.91. The first-order chi connectivity index (χ1) is 24.3. The highest BCUT2D eigenvalue weighted by atomic mass is 16.3. The fourth-order valence-electron chi connectivity index (χ4n) is 7.83. The summed E-state index contributed by atoms with van der Waals surface area (Å²) >= 11 is 0. The van der Waals surface area contributed by atoms with Crippen LogP contribution in [0.1, 0.15) is 0 Å². The summed E-state index contributed by atoms with van der Waals surface area (Å²) in [5, 5.41) is 6.85. The van der Waals surface area contributed by atoms with Crippen molar-refractivity contribution in [1.82, 2.24) is 19.1 Å². The highest BCUT2D eigenvalue weighted by Crippen LogP contribution is 2.44. The van der Waals surface area contributed by atoms with Gasteiger partial charge in [0.25, 0.3) is 0 Å². The van der Waals surface area contributed by atoms with Crippen LogP contribution in [-0.2, 0) is 0 Å². The molecule has 0 aliphatic heterocycles. The second kappa shape index (κ2) is 9.89. The van der Waals surface area contributed by atoms with Gasteiger partial charge in [-0.25, -0.2) is 9.97 Å². The number of aromatic nitrogens is 4. The molecule has 11 aromatic rings. The molecule has 0 unspecified atom stereocenters. The summed E-state index contributed by atoms with van der Waals surface area (Å²) in [6.45, 7) is 0. The monoisotopic (exact) mass is 626 g/mol. The zero-order valence-corrected chi connectivity index (χ0v) is 26.2. The Hall–Kier alpha value is -6.72. The molecular formula is C44H26N4O. The third kappa shape index (κ3) is 3.64. The van der Waals surface area contributed by atoms with Crippen LogP contribution >= 0.6 is 0 Å². The molecule has 5 nitrogen and oxygen atoms in total. The molecule has 11 rings (SSSR count). The van der Waals surface area contributed by atoms with Crippen LogP contribution in [-0.4, -0.2) is 19.1 Å². The second-order valence-corrected chi connectivity index (χ2v) is 12.6. The van der Waals surface area contributed by atoms with Gasteiger partial charge in [-0.15, -0.1) is 0 Å². The van der Waals surface area contributed by atoms with E-state index in [0.29, 0.717) is 0 Å². The third-order valence-corrected chi connectivity index (χ3v) is 9.91. The number of hydrogen-bond donors (Lipinski definition) is 0. The number of furan rings is 1. The lowest BCUT2D eigenvalue weighted by Crippen LogP contribution is -2.05. The Bertz CT molecular complexity index is 3110. The van der Waals surface area contributed by atoms with Crippen LogP contribution < -0.4 is 0 Å².